The molecule has 0 atom stereocenters. The van der Waals surface area contributed by atoms with E-state index < -0.39 is 5.97 Å². The zero-order valence-electron chi connectivity index (χ0n) is 15.6. The Kier molecular flexibility index (Phi) is 8.49. The van der Waals surface area contributed by atoms with Gasteiger partial charge in [0, 0.05) is 24.1 Å². The molecule has 7 heteroatoms. The third-order valence-corrected chi connectivity index (χ3v) is 4.08. The topological polar surface area (TPSA) is 81.7 Å². The van der Waals surface area contributed by atoms with Gasteiger partial charge in [0.05, 0.1) is 0 Å². The van der Waals surface area contributed by atoms with Gasteiger partial charge in [0.2, 0.25) is 5.91 Å². The van der Waals surface area contributed by atoms with Gasteiger partial charge in [0.25, 0.3) is 0 Å². The molecule has 0 radical (unpaired) electrons. The molecule has 0 unspecified atom stereocenters. The number of hydrogen-bond acceptors (Lipinski definition) is 5. The summed E-state index contributed by atoms with van der Waals surface area (Å²) in [6, 6.07) is 13.7. The van der Waals surface area contributed by atoms with Crippen molar-refractivity contribution in [1.82, 2.24) is 5.32 Å². The van der Waals surface area contributed by atoms with E-state index in [1.54, 1.807) is 36.4 Å². The van der Waals surface area contributed by atoms with Gasteiger partial charge in [0.15, 0.2) is 19.0 Å². The summed E-state index contributed by atoms with van der Waals surface area (Å²) in [5, 5.41) is 3.31. The lowest BCUT2D eigenvalue weighted by Gasteiger charge is -2.07. The van der Waals surface area contributed by atoms with E-state index in [0.717, 1.165) is 18.4 Å². The Morgan fingerprint density at radius 2 is 1.64 bits per heavy atom. The highest BCUT2D eigenvalue weighted by atomic mass is 35.5. The molecule has 2 rings (SSSR count). The second kappa shape index (κ2) is 11.1. The van der Waals surface area contributed by atoms with E-state index in [4.69, 9.17) is 21.1 Å². The van der Waals surface area contributed by atoms with Crippen LogP contribution in [0.1, 0.15) is 29.3 Å². The molecule has 0 fully saturated rings. The maximum atomic E-state index is 12.1. The van der Waals surface area contributed by atoms with Crippen molar-refractivity contribution in [3.05, 3.63) is 64.7 Å². The fourth-order valence-electron chi connectivity index (χ4n) is 2.36. The Bertz CT molecular complexity index is 803. The predicted molar refractivity (Wildman–Crippen MR) is 106 cm³/mol. The van der Waals surface area contributed by atoms with Gasteiger partial charge >= 0.3 is 5.97 Å². The van der Waals surface area contributed by atoms with Crippen LogP contribution in [0, 0.1) is 0 Å². The van der Waals surface area contributed by atoms with E-state index >= 15 is 0 Å². The van der Waals surface area contributed by atoms with E-state index in [0.29, 0.717) is 22.9 Å². The SMILES string of the molecule is CC(=O)NCCCc1ccc(C(=O)COC(=O)COc2ccc(Cl)cc2)cc1. The number of rotatable bonds is 10. The number of carbonyl (C=O) groups is 3. The van der Waals surface area contributed by atoms with Crippen LogP contribution in [-0.2, 0) is 20.7 Å². The third-order valence-electron chi connectivity index (χ3n) is 3.83. The Labute approximate surface area is 168 Å². The highest BCUT2D eigenvalue weighted by Gasteiger charge is 2.11. The smallest absolute Gasteiger partial charge is 0.344 e. The lowest BCUT2D eigenvalue weighted by atomic mass is 10.1. The first kappa shape index (κ1) is 21.4. The molecule has 2 aromatic carbocycles. The minimum Gasteiger partial charge on any atom is -0.482 e. The largest absolute Gasteiger partial charge is 0.482 e. The lowest BCUT2D eigenvalue weighted by Crippen LogP contribution is -2.21. The number of ether oxygens (including phenoxy) is 2. The molecule has 0 aliphatic rings. The van der Waals surface area contributed by atoms with Crippen molar-refractivity contribution < 1.29 is 23.9 Å². The van der Waals surface area contributed by atoms with Crippen LogP contribution in [0.15, 0.2) is 48.5 Å². The predicted octanol–water partition coefficient (Wildman–Crippen LogP) is 3.21. The summed E-state index contributed by atoms with van der Waals surface area (Å²) >= 11 is 5.77. The molecule has 6 nitrogen and oxygen atoms in total. The van der Waals surface area contributed by atoms with Crippen molar-refractivity contribution >= 4 is 29.3 Å². The second-order valence-electron chi connectivity index (χ2n) is 6.11. The first-order valence-electron chi connectivity index (χ1n) is 8.84. The van der Waals surface area contributed by atoms with Crippen LogP contribution >= 0.6 is 11.6 Å². The number of carbonyl (C=O) groups excluding carboxylic acids is 3. The zero-order valence-corrected chi connectivity index (χ0v) is 16.3. The van der Waals surface area contributed by atoms with Crippen molar-refractivity contribution in [3.63, 3.8) is 0 Å². The number of amides is 1. The molecule has 0 saturated heterocycles. The average molecular weight is 404 g/mol. The second-order valence-corrected chi connectivity index (χ2v) is 6.55. The molecule has 148 valence electrons. The molecule has 0 aliphatic carbocycles. The van der Waals surface area contributed by atoms with Gasteiger partial charge in [-0.3, -0.25) is 9.59 Å². The first-order chi connectivity index (χ1) is 13.4. The molecule has 0 bridgehead atoms. The monoisotopic (exact) mass is 403 g/mol. The van der Waals surface area contributed by atoms with Crippen molar-refractivity contribution in [3.8, 4) is 5.75 Å². The minimum absolute atomic E-state index is 0.0472. The van der Waals surface area contributed by atoms with Gasteiger partial charge in [0.1, 0.15) is 5.75 Å². The summed E-state index contributed by atoms with van der Waals surface area (Å²) in [5.74, 6) is -0.474. The highest BCUT2D eigenvalue weighted by molar-refractivity contribution is 6.30. The van der Waals surface area contributed by atoms with E-state index in [2.05, 4.69) is 5.32 Å². The molecule has 0 aliphatic heterocycles. The number of Topliss-reactive ketones (excluding diaryl/α,β-unsaturated/α-hetero) is 1. The molecular weight excluding hydrogens is 382 g/mol. The molecule has 28 heavy (non-hydrogen) atoms. The van der Waals surface area contributed by atoms with Crippen LogP contribution in [0.5, 0.6) is 5.75 Å². The molecule has 2 aromatic rings. The van der Waals surface area contributed by atoms with Crippen LogP contribution in [0.4, 0.5) is 0 Å². The molecule has 0 spiro atoms. The standard InChI is InChI=1S/C21H22ClNO5/c1-15(24)23-12-2-3-16-4-6-17(7-5-16)20(25)13-28-21(26)14-27-19-10-8-18(22)9-11-19/h4-11H,2-3,12-14H2,1H3,(H,23,24). The minimum atomic E-state index is -0.627. The summed E-state index contributed by atoms with van der Waals surface area (Å²) in [7, 11) is 0. The van der Waals surface area contributed by atoms with E-state index in [-0.39, 0.29) is 24.9 Å². The zero-order chi connectivity index (χ0) is 20.4. The number of hydrogen-bond donors (Lipinski definition) is 1. The summed E-state index contributed by atoms with van der Waals surface area (Å²) in [4.78, 5) is 34.7. The van der Waals surface area contributed by atoms with Crippen molar-refractivity contribution in [1.29, 1.82) is 0 Å². The van der Waals surface area contributed by atoms with E-state index in [9.17, 15) is 14.4 Å². The summed E-state index contributed by atoms with van der Waals surface area (Å²) in [6.07, 6.45) is 1.61. The van der Waals surface area contributed by atoms with E-state index in [1.165, 1.54) is 6.92 Å². The normalized spacial score (nSPS) is 10.2. The molecule has 1 N–H and O–H groups in total. The van der Waals surface area contributed by atoms with Gasteiger partial charge in [-0.1, -0.05) is 35.9 Å². The van der Waals surface area contributed by atoms with Crippen LogP contribution < -0.4 is 10.1 Å². The van der Waals surface area contributed by atoms with Gasteiger partial charge in [-0.05, 0) is 42.7 Å². The van der Waals surface area contributed by atoms with Crippen LogP contribution in [0.3, 0.4) is 0 Å². The number of nitrogens with one attached hydrogen (secondary N) is 1. The number of benzene rings is 2. The number of halogens is 1. The molecule has 0 aromatic heterocycles. The van der Waals surface area contributed by atoms with Gasteiger partial charge < -0.3 is 14.8 Å². The summed E-state index contributed by atoms with van der Waals surface area (Å²) in [6.45, 7) is 1.47. The number of aryl methyl sites for hydroxylation is 1. The quantitative estimate of drug-likeness (QED) is 0.374. The number of esters is 1. The van der Waals surface area contributed by atoms with Gasteiger partial charge in [-0.25, -0.2) is 4.79 Å². The third kappa shape index (κ3) is 7.80. The summed E-state index contributed by atoms with van der Waals surface area (Å²) < 4.78 is 10.2. The lowest BCUT2D eigenvalue weighted by molar-refractivity contribution is -0.144. The van der Waals surface area contributed by atoms with Crippen LogP contribution in [0.2, 0.25) is 5.02 Å². The molecular formula is C21H22ClNO5. The molecule has 1 amide bonds. The Hall–Kier alpha value is -2.86. The highest BCUT2D eigenvalue weighted by Crippen LogP contribution is 2.15. The maximum absolute atomic E-state index is 12.1. The number of ketones is 1. The van der Waals surface area contributed by atoms with E-state index in [1.807, 2.05) is 12.1 Å². The Morgan fingerprint density at radius 3 is 2.29 bits per heavy atom. The Morgan fingerprint density at radius 1 is 0.964 bits per heavy atom. The maximum Gasteiger partial charge on any atom is 0.344 e. The van der Waals surface area contributed by atoms with Crippen molar-refractivity contribution in [2.75, 3.05) is 19.8 Å². The fourth-order valence-corrected chi connectivity index (χ4v) is 2.48. The Balaban J connectivity index is 1.70. The van der Waals surface area contributed by atoms with Gasteiger partial charge in [-0.15, -0.1) is 0 Å². The van der Waals surface area contributed by atoms with Crippen molar-refractivity contribution in [2.45, 2.75) is 19.8 Å². The van der Waals surface area contributed by atoms with Crippen LogP contribution in [0.25, 0.3) is 0 Å². The first-order valence-corrected chi connectivity index (χ1v) is 9.22. The molecule has 0 saturated carbocycles. The molecule has 0 heterocycles. The average Bonchev–Trinajstić information content (AvgIpc) is 2.69. The summed E-state index contributed by atoms with van der Waals surface area (Å²) in [5.41, 5.74) is 1.53. The van der Waals surface area contributed by atoms with Gasteiger partial charge in [-0.2, -0.15) is 0 Å². The van der Waals surface area contributed by atoms with Crippen molar-refractivity contribution in [2.24, 2.45) is 0 Å². The van der Waals surface area contributed by atoms with Crippen LogP contribution in [-0.4, -0.2) is 37.4 Å². The fraction of sp³-hybridized carbons (Fsp3) is 0.286.